The number of ether oxygens (including phenoxy) is 1. The molecule has 3 amide bonds. The maximum Gasteiger partial charge on any atom is 0.410 e. The van der Waals surface area contributed by atoms with E-state index >= 15 is 0 Å². The van der Waals surface area contributed by atoms with E-state index in [1.54, 1.807) is 27.7 Å². The van der Waals surface area contributed by atoms with Crippen LogP contribution in [-0.4, -0.2) is 61.9 Å². The number of aromatic nitrogens is 3. The zero-order chi connectivity index (χ0) is 27.6. The van der Waals surface area contributed by atoms with Gasteiger partial charge in [-0.25, -0.2) is 23.5 Å². The molecule has 4 rings (SSSR count). The van der Waals surface area contributed by atoms with E-state index in [0.717, 1.165) is 23.7 Å². The highest BCUT2D eigenvalue weighted by molar-refractivity contribution is 7.10. The van der Waals surface area contributed by atoms with Gasteiger partial charge in [0.2, 0.25) is 0 Å². The standard InChI is InChI=1S/C24H25F2N7O4S/c1-12-19(21(35)29-13-5-6-15(25)16(26)7-13)22(38-32-12)31-18-9-27-17(8-28-18)20(34)30-14-10-33(11-14)23(36)37-24(2,3)4/h5-9,14H,10-11H2,1-4H3,(H,28,31)(H,29,35)(H,30,34). The molecule has 0 unspecified atom stereocenters. The molecule has 0 aliphatic carbocycles. The van der Waals surface area contributed by atoms with Crippen LogP contribution < -0.4 is 16.0 Å². The first-order valence-electron chi connectivity index (χ1n) is 11.5. The molecule has 0 atom stereocenters. The third-order valence-electron chi connectivity index (χ3n) is 5.26. The van der Waals surface area contributed by atoms with Crippen LogP contribution in [0.5, 0.6) is 0 Å². The lowest BCUT2D eigenvalue weighted by Gasteiger charge is -2.39. The molecule has 200 valence electrons. The first kappa shape index (κ1) is 26.9. The molecule has 1 saturated heterocycles. The SMILES string of the molecule is Cc1nsc(Nc2cnc(C(=O)NC3CN(C(=O)OC(C)(C)C)C3)cn2)c1C(=O)Nc1ccc(F)c(F)c1. The molecular formula is C24H25F2N7O4S. The van der Waals surface area contributed by atoms with Crippen molar-refractivity contribution in [1.82, 2.24) is 24.6 Å². The predicted octanol–water partition coefficient (Wildman–Crippen LogP) is 3.86. The minimum atomic E-state index is -1.08. The fraction of sp³-hybridized carbons (Fsp3) is 0.333. The van der Waals surface area contributed by atoms with Crippen molar-refractivity contribution in [1.29, 1.82) is 0 Å². The van der Waals surface area contributed by atoms with Gasteiger partial charge in [0.1, 0.15) is 22.1 Å². The number of nitrogens with one attached hydrogen (secondary N) is 3. The molecule has 3 N–H and O–H groups in total. The monoisotopic (exact) mass is 545 g/mol. The fourth-order valence-electron chi connectivity index (χ4n) is 3.42. The number of amides is 3. The summed E-state index contributed by atoms with van der Waals surface area (Å²) in [6, 6.07) is 2.80. The first-order valence-corrected chi connectivity index (χ1v) is 12.3. The van der Waals surface area contributed by atoms with E-state index < -0.39 is 35.1 Å². The summed E-state index contributed by atoms with van der Waals surface area (Å²) in [7, 11) is 0. The van der Waals surface area contributed by atoms with E-state index in [2.05, 4.69) is 30.3 Å². The summed E-state index contributed by atoms with van der Waals surface area (Å²) in [5.41, 5.74) is 0.177. The van der Waals surface area contributed by atoms with Crippen molar-refractivity contribution < 1.29 is 27.9 Å². The van der Waals surface area contributed by atoms with Gasteiger partial charge in [-0.3, -0.25) is 9.59 Å². The zero-order valence-corrected chi connectivity index (χ0v) is 21.8. The van der Waals surface area contributed by atoms with Gasteiger partial charge in [0, 0.05) is 24.8 Å². The summed E-state index contributed by atoms with van der Waals surface area (Å²) in [4.78, 5) is 47.1. The van der Waals surface area contributed by atoms with Crippen LogP contribution in [0.3, 0.4) is 0 Å². The van der Waals surface area contributed by atoms with E-state index in [1.807, 2.05) is 0 Å². The number of rotatable bonds is 6. The van der Waals surface area contributed by atoms with Crippen LogP contribution in [0, 0.1) is 18.6 Å². The van der Waals surface area contributed by atoms with Crippen molar-refractivity contribution in [3.8, 4) is 0 Å². The molecule has 38 heavy (non-hydrogen) atoms. The quantitative estimate of drug-likeness (QED) is 0.425. The number of carbonyl (C=O) groups is 3. The van der Waals surface area contributed by atoms with E-state index in [0.29, 0.717) is 23.8 Å². The smallest absolute Gasteiger partial charge is 0.410 e. The van der Waals surface area contributed by atoms with Gasteiger partial charge < -0.3 is 25.6 Å². The fourth-order valence-corrected chi connectivity index (χ4v) is 4.22. The molecular weight excluding hydrogens is 520 g/mol. The highest BCUT2D eigenvalue weighted by atomic mass is 32.1. The average Bonchev–Trinajstić information content (AvgIpc) is 3.17. The second kappa shape index (κ2) is 10.7. The normalized spacial score (nSPS) is 13.5. The largest absolute Gasteiger partial charge is 0.444 e. The molecule has 3 heterocycles. The number of aryl methyl sites for hydroxylation is 1. The van der Waals surface area contributed by atoms with E-state index in [4.69, 9.17) is 4.74 Å². The number of carbonyl (C=O) groups excluding carboxylic acids is 3. The molecule has 11 nitrogen and oxygen atoms in total. The Hall–Kier alpha value is -4.20. The topological polar surface area (TPSA) is 138 Å². The zero-order valence-electron chi connectivity index (χ0n) is 21.0. The van der Waals surface area contributed by atoms with Crippen molar-refractivity contribution in [2.75, 3.05) is 23.7 Å². The van der Waals surface area contributed by atoms with E-state index in [-0.39, 0.29) is 28.8 Å². The van der Waals surface area contributed by atoms with Gasteiger partial charge in [-0.1, -0.05) is 0 Å². The highest BCUT2D eigenvalue weighted by Crippen LogP contribution is 2.28. The first-order chi connectivity index (χ1) is 17.9. The summed E-state index contributed by atoms with van der Waals surface area (Å²) in [5.74, 6) is -2.87. The van der Waals surface area contributed by atoms with Crippen molar-refractivity contribution in [2.45, 2.75) is 39.3 Å². The molecule has 1 aliphatic rings. The van der Waals surface area contributed by atoms with Gasteiger partial charge in [-0.15, -0.1) is 0 Å². The molecule has 0 bridgehead atoms. The molecule has 0 saturated carbocycles. The van der Waals surface area contributed by atoms with Crippen LogP contribution >= 0.6 is 11.5 Å². The van der Waals surface area contributed by atoms with E-state index in [1.165, 1.54) is 23.4 Å². The summed E-state index contributed by atoms with van der Waals surface area (Å²) < 4.78 is 36.1. The highest BCUT2D eigenvalue weighted by Gasteiger charge is 2.34. The van der Waals surface area contributed by atoms with Gasteiger partial charge >= 0.3 is 6.09 Å². The van der Waals surface area contributed by atoms with Gasteiger partial charge in [-0.2, -0.15) is 4.37 Å². The Kier molecular flexibility index (Phi) is 7.53. The Bertz CT molecular complexity index is 1370. The van der Waals surface area contributed by atoms with Gasteiger partial charge in [0.05, 0.1) is 29.7 Å². The Morgan fingerprint density at radius 2 is 1.82 bits per heavy atom. The summed E-state index contributed by atoms with van der Waals surface area (Å²) in [6.07, 6.45) is 2.17. The summed E-state index contributed by atoms with van der Waals surface area (Å²) >= 11 is 1.01. The van der Waals surface area contributed by atoms with Gasteiger partial charge in [-0.05, 0) is 51.4 Å². The minimum Gasteiger partial charge on any atom is -0.444 e. The molecule has 1 fully saturated rings. The van der Waals surface area contributed by atoms with Gasteiger partial charge in [0.25, 0.3) is 11.8 Å². The van der Waals surface area contributed by atoms with Crippen molar-refractivity contribution in [3.63, 3.8) is 0 Å². The van der Waals surface area contributed by atoms with Crippen LogP contribution in [0.15, 0.2) is 30.6 Å². The van der Waals surface area contributed by atoms with Crippen LogP contribution in [0.1, 0.15) is 47.3 Å². The van der Waals surface area contributed by atoms with E-state index in [9.17, 15) is 23.2 Å². The van der Waals surface area contributed by atoms with Crippen molar-refractivity contribution >= 4 is 45.9 Å². The summed E-state index contributed by atoms with van der Waals surface area (Å²) in [6.45, 7) is 7.63. The molecule has 3 aromatic rings. The number of likely N-dealkylation sites (tertiary alicyclic amines) is 1. The Labute approximate surface area is 220 Å². The lowest BCUT2D eigenvalue weighted by Crippen LogP contribution is -2.61. The van der Waals surface area contributed by atoms with Crippen LogP contribution in [0.2, 0.25) is 0 Å². The minimum absolute atomic E-state index is 0.0723. The second-order valence-corrected chi connectivity index (χ2v) is 10.3. The summed E-state index contributed by atoms with van der Waals surface area (Å²) in [5, 5.41) is 8.60. The Morgan fingerprint density at radius 3 is 2.45 bits per heavy atom. The number of halogens is 2. The lowest BCUT2D eigenvalue weighted by atomic mass is 10.1. The number of nitrogens with zero attached hydrogens (tertiary/aromatic N) is 4. The van der Waals surface area contributed by atoms with Crippen molar-refractivity contribution in [3.05, 3.63) is 59.2 Å². The number of benzene rings is 1. The lowest BCUT2D eigenvalue weighted by molar-refractivity contribution is 0.00530. The number of hydrogen-bond acceptors (Lipinski definition) is 9. The van der Waals surface area contributed by atoms with Crippen LogP contribution in [0.25, 0.3) is 0 Å². The third-order valence-corrected chi connectivity index (χ3v) is 6.12. The third kappa shape index (κ3) is 6.37. The van der Waals surface area contributed by atoms with Crippen LogP contribution in [0.4, 0.5) is 30.1 Å². The molecule has 0 radical (unpaired) electrons. The van der Waals surface area contributed by atoms with Crippen molar-refractivity contribution in [2.24, 2.45) is 0 Å². The van der Waals surface area contributed by atoms with Gasteiger partial charge in [0.15, 0.2) is 11.6 Å². The maximum atomic E-state index is 13.5. The number of hydrogen-bond donors (Lipinski definition) is 3. The molecule has 0 spiro atoms. The number of anilines is 3. The molecule has 1 aliphatic heterocycles. The van der Waals surface area contributed by atoms with Crippen LogP contribution in [-0.2, 0) is 4.74 Å². The maximum absolute atomic E-state index is 13.5. The molecule has 14 heteroatoms. The predicted molar refractivity (Wildman–Crippen MR) is 136 cm³/mol. The molecule has 1 aromatic carbocycles. The second-order valence-electron chi connectivity index (χ2n) is 9.52. The Morgan fingerprint density at radius 1 is 1.08 bits per heavy atom. The Balaban J connectivity index is 1.34. The average molecular weight is 546 g/mol. The molecule has 2 aromatic heterocycles.